The standard InChI is InChI=1S/C9H8N2O3/c10-9(12)8-1-6-3-13-5-14-4-7(6)2-11-8/h1-4H,5H2,(H2,10,12). The minimum absolute atomic E-state index is 0.153. The molecule has 0 aliphatic carbocycles. The second-order valence-corrected chi connectivity index (χ2v) is 2.75. The van der Waals surface area contributed by atoms with Gasteiger partial charge in [-0.3, -0.25) is 9.78 Å². The van der Waals surface area contributed by atoms with Gasteiger partial charge in [-0.2, -0.15) is 0 Å². The van der Waals surface area contributed by atoms with E-state index in [0.717, 1.165) is 10.4 Å². The maximum absolute atomic E-state index is 10.8. The van der Waals surface area contributed by atoms with E-state index in [1.54, 1.807) is 6.07 Å². The highest BCUT2D eigenvalue weighted by Crippen LogP contribution is 1.87. The van der Waals surface area contributed by atoms with Crippen molar-refractivity contribution in [2.75, 3.05) is 6.79 Å². The zero-order valence-corrected chi connectivity index (χ0v) is 7.27. The molecule has 2 rings (SSSR count). The van der Waals surface area contributed by atoms with Gasteiger partial charge in [0.15, 0.2) is 0 Å². The lowest BCUT2D eigenvalue weighted by Gasteiger charge is -1.94. The second-order valence-electron chi connectivity index (χ2n) is 2.75. The van der Waals surface area contributed by atoms with E-state index in [1.165, 1.54) is 18.7 Å². The van der Waals surface area contributed by atoms with Gasteiger partial charge in [-0.25, -0.2) is 0 Å². The Morgan fingerprint density at radius 2 is 2.07 bits per heavy atom. The SMILES string of the molecule is NC(=O)c1cc2c(cn1)=COCOC=2. The number of carbonyl (C=O) groups excluding carboxylic acids is 1. The van der Waals surface area contributed by atoms with Gasteiger partial charge in [0, 0.05) is 16.6 Å². The smallest absolute Gasteiger partial charge is 0.267 e. The molecule has 0 bridgehead atoms. The van der Waals surface area contributed by atoms with Gasteiger partial charge in [0.05, 0.1) is 12.5 Å². The van der Waals surface area contributed by atoms with E-state index < -0.39 is 5.91 Å². The Kier molecular flexibility index (Phi) is 2.06. The molecule has 14 heavy (non-hydrogen) atoms. The molecule has 0 radical (unpaired) electrons. The quantitative estimate of drug-likeness (QED) is 0.597. The first-order chi connectivity index (χ1) is 6.77. The van der Waals surface area contributed by atoms with Crippen LogP contribution in [0.5, 0.6) is 0 Å². The average molecular weight is 192 g/mol. The third-order valence-electron chi connectivity index (χ3n) is 1.78. The Labute approximate surface area is 79.5 Å². The van der Waals surface area contributed by atoms with Crippen LogP contribution in [-0.4, -0.2) is 17.7 Å². The number of fused-ring (bicyclic) bond motifs is 1. The highest BCUT2D eigenvalue weighted by Gasteiger charge is 2.02. The largest absolute Gasteiger partial charge is 0.464 e. The van der Waals surface area contributed by atoms with Crippen molar-refractivity contribution in [1.82, 2.24) is 4.98 Å². The van der Waals surface area contributed by atoms with Gasteiger partial charge in [-0.15, -0.1) is 0 Å². The molecule has 1 aromatic heterocycles. The van der Waals surface area contributed by atoms with Crippen LogP contribution >= 0.6 is 0 Å². The number of hydrogen-bond donors (Lipinski definition) is 1. The molecule has 0 fully saturated rings. The number of nitrogens with zero attached hydrogens (tertiary/aromatic N) is 1. The molecule has 1 amide bonds. The second kappa shape index (κ2) is 3.37. The molecule has 1 aromatic rings. The number of aromatic nitrogens is 1. The number of primary amides is 1. The highest BCUT2D eigenvalue weighted by atomic mass is 16.7. The fourth-order valence-corrected chi connectivity index (χ4v) is 1.10. The van der Waals surface area contributed by atoms with Crippen molar-refractivity contribution in [1.29, 1.82) is 0 Å². The summed E-state index contributed by atoms with van der Waals surface area (Å²) in [6, 6.07) is 1.56. The van der Waals surface area contributed by atoms with Crippen LogP contribution in [-0.2, 0) is 9.47 Å². The van der Waals surface area contributed by atoms with Crippen molar-refractivity contribution in [2.45, 2.75) is 0 Å². The van der Waals surface area contributed by atoms with Crippen LogP contribution in [0, 0.1) is 0 Å². The molecule has 2 heterocycles. The van der Waals surface area contributed by atoms with Gasteiger partial charge in [0.25, 0.3) is 5.91 Å². The molecule has 1 aliphatic heterocycles. The van der Waals surface area contributed by atoms with E-state index in [4.69, 9.17) is 15.2 Å². The molecule has 0 atom stereocenters. The van der Waals surface area contributed by atoms with Crippen molar-refractivity contribution < 1.29 is 14.3 Å². The first-order valence-electron chi connectivity index (χ1n) is 3.97. The first-order valence-corrected chi connectivity index (χ1v) is 3.97. The molecule has 5 nitrogen and oxygen atoms in total. The fourth-order valence-electron chi connectivity index (χ4n) is 1.10. The molecule has 0 unspecified atom stereocenters. The van der Waals surface area contributed by atoms with E-state index in [-0.39, 0.29) is 12.5 Å². The number of amides is 1. The number of carbonyl (C=O) groups is 1. The third kappa shape index (κ3) is 1.52. The molecule has 0 spiro atoms. The predicted molar refractivity (Wildman–Crippen MR) is 48.0 cm³/mol. The maximum Gasteiger partial charge on any atom is 0.267 e. The zero-order chi connectivity index (χ0) is 9.97. The summed E-state index contributed by atoms with van der Waals surface area (Å²) in [4.78, 5) is 14.7. The summed E-state index contributed by atoms with van der Waals surface area (Å²) in [6.45, 7) is 0.153. The number of rotatable bonds is 1. The van der Waals surface area contributed by atoms with E-state index in [9.17, 15) is 4.79 Å². The highest BCUT2D eigenvalue weighted by molar-refractivity contribution is 5.90. The number of ether oxygens (including phenoxy) is 2. The minimum atomic E-state index is -0.564. The van der Waals surface area contributed by atoms with E-state index in [0.29, 0.717) is 0 Å². The third-order valence-corrected chi connectivity index (χ3v) is 1.78. The molecule has 1 aliphatic rings. The fraction of sp³-hybridized carbons (Fsp3) is 0.111. The molecule has 2 N–H and O–H groups in total. The summed E-state index contributed by atoms with van der Waals surface area (Å²) in [5.41, 5.74) is 5.30. The first kappa shape index (κ1) is 8.55. The van der Waals surface area contributed by atoms with Crippen LogP contribution in [0.15, 0.2) is 12.3 Å². The van der Waals surface area contributed by atoms with E-state index >= 15 is 0 Å². The Balaban J connectivity index is 2.64. The maximum atomic E-state index is 10.8. The Hall–Kier alpha value is -2.04. The van der Waals surface area contributed by atoms with Gasteiger partial charge in [-0.1, -0.05) is 0 Å². The predicted octanol–water partition coefficient (Wildman–Crippen LogP) is -1.34. The van der Waals surface area contributed by atoms with Crippen LogP contribution in [0.4, 0.5) is 0 Å². The lowest BCUT2D eigenvalue weighted by molar-refractivity contribution is 0.0898. The summed E-state index contributed by atoms with van der Waals surface area (Å²) in [7, 11) is 0. The summed E-state index contributed by atoms with van der Waals surface area (Å²) < 4.78 is 9.98. The molecular formula is C9H8N2O3. The summed E-state index contributed by atoms with van der Waals surface area (Å²) in [5.74, 6) is -0.564. The van der Waals surface area contributed by atoms with Crippen molar-refractivity contribution in [3.63, 3.8) is 0 Å². The van der Waals surface area contributed by atoms with E-state index in [1.807, 2.05) is 0 Å². The lowest BCUT2D eigenvalue weighted by atomic mass is 10.2. The van der Waals surface area contributed by atoms with Crippen LogP contribution in [0.25, 0.3) is 12.5 Å². The van der Waals surface area contributed by atoms with Gasteiger partial charge in [-0.05, 0) is 6.07 Å². The topological polar surface area (TPSA) is 74.4 Å². The molecule has 0 aromatic carbocycles. The summed E-state index contributed by atoms with van der Waals surface area (Å²) >= 11 is 0. The number of pyridine rings is 1. The summed E-state index contributed by atoms with van der Waals surface area (Å²) in [5, 5.41) is 1.49. The van der Waals surface area contributed by atoms with Gasteiger partial charge in [0.1, 0.15) is 5.69 Å². The summed E-state index contributed by atoms with van der Waals surface area (Å²) in [6.07, 6.45) is 4.55. The Morgan fingerprint density at radius 3 is 2.79 bits per heavy atom. The Bertz CT molecular complexity index is 481. The van der Waals surface area contributed by atoms with Crippen LogP contribution in [0.1, 0.15) is 10.5 Å². The Morgan fingerprint density at radius 1 is 1.36 bits per heavy atom. The van der Waals surface area contributed by atoms with Gasteiger partial charge < -0.3 is 15.2 Å². The van der Waals surface area contributed by atoms with Crippen LogP contribution in [0.2, 0.25) is 0 Å². The van der Waals surface area contributed by atoms with E-state index in [2.05, 4.69) is 4.98 Å². The zero-order valence-electron chi connectivity index (χ0n) is 7.27. The molecule has 0 saturated carbocycles. The average Bonchev–Trinajstić information content (AvgIpc) is 2.41. The van der Waals surface area contributed by atoms with Gasteiger partial charge in [0.2, 0.25) is 6.79 Å². The van der Waals surface area contributed by atoms with Crippen molar-refractivity contribution in [3.05, 3.63) is 28.4 Å². The molecular weight excluding hydrogens is 184 g/mol. The normalized spacial score (nSPS) is 13.4. The van der Waals surface area contributed by atoms with Gasteiger partial charge >= 0.3 is 0 Å². The van der Waals surface area contributed by atoms with Crippen molar-refractivity contribution in [2.24, 2.45) is 5.73 Å². The minimum Gasteiger partial charge on any atom is -0.464 e. The number of hydrogen-bond acceptors (Lipinski definition) is 4. The van der Waals surface area contributed by atoms with Crippen LogP contribution < -0.4 is 16.2 Å². The van der Waals surface area contributed by atoms with Crippen LogP contribution in [0.3, 0.4) is 0 Å². The molecule has 0 saturated heterocycles. The lowest BCUT2D eigenvalue weighted by Crippen LogP contribution is -2.28. The molecule has 5 heteroatoms. The number of nitrogens with two attached hydrogens (primary N) is 1. The monoisotopic (exact) mass is 192 g/mol. The van der Waals surface area contributed by atoms with Crippen molar-refractivity contribution in [3.8, 4) is 0 Å². The van der Waals surface area contributed by atoms with Crippen molar-refractivity contribution >= 4 is 18.4 Å². The molecule has 72 valence electrons.